The SMILES string of the molecule is CCOc1ccc(C[NH+](C)CC(=O)Nc2ccc(C[NH+]3CCCC3)cc2)cc1. The highest BCUT2D eigenvalue weighted by molar-refractivity contribution is 5.91. The van der Waals surface area contributed by atoms with Gasteiger partial charge in [-0.1, -0.05) is 12.1 Å². The van der Waals surface area contributed by atoms with Crippen LogP contribution in [0.2, 0.25) is 0 Å². The van der Waals surface area contributed by atoms with E-state index in [1.165, 1.54) is 37.1 Å². The Morgan fingerprint density at radius 3 is 2.32 bits per heavy atom. The fraction of sp³-hybridized carbons (Fsp3) is 0.435. The molecule has 0 saturated carbocycles. The summed E-state index contributed by atoms with van der Waals surface area (Å²) >= 11 is 0. The molecule has 150 valence electrons. The van der Waals surface area contributed by atoms with Crippen molar-refractivity contribution in [3.63, 3.8) is 0 Å². The van der Waals surface area contributed by atoms with Crippen molar-refractivity contribution in [3.8, 4) is 5.75 Å². The third-order valence-corrected chi connectivity index (χ3v) is 5.21. The predicted octanol–water partition coefficient (Wildman–Crippen LogP) is 0.917. The standard InChI is InChI=1S/C23H31N3O2/c1-3-28-22-12-8-19(9-13-22)16-25(2)18-23(27)24-21-10-6-20(7-11-21)17-26-14-4-5-15-26/h6-13H,3-5,14-18H2,1-2H3,(H,24,27)/p+2. The molecular formula is C23H33N3O2+2. The van der Waals surface area contributed by atoms with Gasteiger partial charge in [-0.3, -0.25) is 4.79 Å². The smallest absolute Gasteiger partial charge is 0.279 e. The van der Waals surface area contributed by atoms with E-state index in [1.807, 2.05) is 38.2 Å². The molecule has 1 heterocycles. The molecule has 0 bridgehead atoms. The summed E-state index contributed by atoms with van der Waals surface area (Å²) in [6.45, 7) is 7.54. The number of ether oxygens (including phenoxy) is 1. The van der Waals surface area contributed by atoms with Gasteiger partial charge in [0.25, 0.3) is 5.91 Å². The Morgan fingerprint density at radius 2 is 1.68 bits per heavy atom. The summed E-state index contributed by atoms with van der Waals surface area (Å²) in [5.74, 6) is 0.928. The number of amides is 1. The summed E-state index contributed by atoms with van der Waals surface area (Å²) in [4.78, 5) is 15.2. The number of rotatable bonds is 9. The Labute approximate surface area is 168 Å². The molecule has 1 amide bonds. The maximum absolute atomic E-state index is 12.4. The van der Waals surface area contributed by atoms with Crippen LogP contribution in [0.25, 0.3) is 0 Å². The lowest BCUT2D eigenvalue weighted by molar-refractivity contribution is -0.901. The molecule has 0 spiro atoms. The summed E-state index contributed by atoms with van der Waals surface area (Å²) in [6, 6.07) is 16.4. The van der Waals surface area contributed by atoms with Gasteiger partial charge in [-0.25, -0.2) is 0 Å². The van der Waals surface area contributed by atoms with Crippen LogP contribution in [-0.4, -0.2) is 39.2 Å². The van der Waals surface area contributed by atoms with E-state index in [0.717, 1.165) is 29.4 Å². The zero-order chi connectivity index (χ0) is 19.8. The lowest BCUT2D eigenvalue weighted by Crippen LogP contribution is -3.08. The normalized spacial score (nSPS) is 15.4. The lowest BCUT2D eigenvalue weighted by atomic mass is 10.2. The first-order chi connectivity index (χ1) is 13.6. The summed E-state index contributed by atoms with van der Waals surface area (Å²) < 4.78 is 5.47. The number of hydrogen-bond acceptors (Lipinski definition) is 2. The Balaban J connectivity index is 1.43. The number of carbonyl (C=O) groups is 1. The second-order valence-corrected chi connectivity index (χ2v) is 7.77. The topological polar surface area (TPSA) is 47.2 Å². The van der Waals surface area contributed by atoms with Crippen LogP contribution in [0.5, 0.6) is 5.75 Å². The third kappa shape index (κ3) is 6.36. The minimum atomic E-state index is 0.0429. The number of anilines is 1. The lowest BCUT2D eigenvalue weighted by Gasteiger charge is -2.15. The van der Waals surface area contributed by atoms with Crippen LogP contribution >= 0.6 is 0 Å². The Bertz CT molecular complexity index is 737. The van der Waals surface area contributed by atoms with Crippen LogP contribution in [0.15, 0.2) is 48.5 Å². The highest BCUT2D eigenvalue weighted by atomic mass is 16.5. The van der Waals surface area contributed by atoms with Crippen LogP contribution < -0.4 is 19.9 Å². The van der Waals surface area contributed by atoms with E-state index in [2.05, 4.69) is 29.6 Å². The van der Waals surface area contributed by atoms with Crippen LogP contribution in [0, 0.1) is 0 Å². The van der Waals surface area contributed by atoms with Gasteiger partial charge in [0.1, 0.15) is 18.8 Å². The van der Waals surface area contributed by atoms with Crippen LogP contribution in [-0.2, 0) is 17.9 Å². The molecule has 28 heavy (non-hydrogen) atoms. The Morgan fingerprint density at radius 1 is 1.04 bits per heavy atom. The molecule has 0 aromatic heterocycles. The van der Waals surface area contributed by atoms with Crippen molar-refractivity contribution < 1.29 is 19.3 Å². The molecule has 2 aromatic rings. The number of likely N-dealkylation sites (tertiary alicyclic amines) is 1. The maximum Gasteiger partial charge on any atom is 0.279 e. The summed E-state index contributed by atoms with van der Waals surface area (Å²) in [7, 11) is 2.04. The average molecular weight is 384 g/mol. The second-order valence-electron chi connectivity index (χ2n) is 7.77. The average Bonchev–Trinajstić information content (AvgIpc) is 3.18. The first-order valence-electron chi connectivity index (χ1n) is 10.4. The van der Waals surface area contributed by atoms with E-state index < -0.39 is 0 Å². The molecular weight excluding hydrogens is 350 g/mol. The summed E-state index contributed by atoms with van der Waals surface area (Å²) in [5, 5.41) is 3.02. The van der Waals surface area contributed by atoms with Crippen molar-refractivity contribution in [1.82, 2.24) is 0 Å². The van der Waals surface area contributed by atoms with E-state index in [4.69, 9.17) is 4.74 Å². The van der Waals surface area contributed by atoms with Crippen molar-refractivity contribution in [2.75, 3.05) is 38.6 Å². The van der Waals surface area contributed by atoms with Gasteiger partial charge in [0.2, 0.25) is 0 Å². The first kappa shape index (κ1) is 20.4. The molecule has 1 saturated heterocycles. The van der Waals surface area contributed by atoms with Crippen LogP contribution in [0.3, 0.4) is 0 Å². The highest BCUT2D eigenvalue weighted by Crippen LogP contribution is 2.11. The molecule has 1 aliphatic heterocycles. The molecule has 3 N–H and O–H groups in total. The molecule has 1 atom stereocenters. The van der Waals surface area contributed by atoms with Gasteiger partial charge in [0.15, 0.2) is 6.54 Å². The number of likely N-dealkylation sites (N-methyl/N-ethyl adjacent to an activating group) is 1. The largest absolute Gasteiger partial charge is 0.494 e. The van der Waals surface area contributed by atoms with Crippen molar-refractivity contribution in [3.05, 3.63) is 59.7 Å². The summed E-state index contributed by atoms with van der Waals surface area (Å²) in [5.41, 5.74) is 3.41. The van der Waals surface area contributed by atoms with E-state index in [0.29, 0.717) is 13.2 Å². The minimum absolute atomic E-state index is 0.0429. The van der Waals surface area contributed by atoms with Gasteiger partial charge in [-0.15, -0.1) is 0 Å². The molecule has 0 aliphatic carbocycles. The number of benzene rings is 2. The zero-order valence-electron chi connectivity index (χ0n) is 17.1. The molecule has 5 heteroatoms. The molecule has 1 aliphatic rings. The number of carbonyl (C=O) groups excluding carboxylic acids is 1. The second kappa shape index (κ2) is 10.2. The molecule has 5 nitrogen and oxygen atoms in total. The molecule has 1 fully saturated rings. The third-order valence-electron chi connectivity index (χ3n) is 5.21. The number of nitrogens with one attached hydrogen (secondary N) is 3. The quantitative estimate of drug-likeness (QED) is 0.603. The van der Waals surface area contributed by atoms with Crippen molar-refractivity contribution in [2.24, 2.45) is 0 Å². The fourth-order valence-corrected chi connectivity index (χ4v) is 3.81. The van der Waals surface area contributed by atoms with Crippen molar-refractivity contribution in [2.45, 2.75) is 32.9 Å². The number of hydrogen-bond donors (Lipinski definition) is 3. The van der Waals surface area contributed by atoms with Gasteiger partial charge in [0.05, 0.1) is 26.7 Å². The monoisotopic (exact) mass is 383 g/mol. The van der Waals surface area contributed by atoms with Crippen molar-refractivity contribution >= 4 is 11.6 Å². The summed E-state index contributed by atoms with van der Waals surface area (Å²) in [6.07, 6.45) is 2.69. The van der Waals surface area contributed by atoms with Crippen LogP contribution in [0.4, 0.5) is 5.69 Å². The molecule has 0 radical (unpaired) electrons. The molecule has 2 aromatic carbocycles. The highest BCUT2D eigenvalue weighted by Gasteiger charge is 2.15. The first-order valence-corrected chi connectivity index (χ1v) is 10.4. The van der Waals surface area contributed by atoms with Gasteiger partial charge in [-0.2, -0.15) is 0 Å². The Kier molecular flexibility index (Phi) is 7.46. The van der Waals surface area contributed by atoms with E-state index >= 15 is 0 Å². The maximum atomic E-state index is 12.4. The van der Waals surface area contributed by atoms with E-state index in [9.17, 15) is 4.79 Å². The fourth-order valence-electron chi connectivity index (χ4n) is 3.81. The van der Waals surface area contributed by atoms with E-state index in [-0.39, 0.29) is 5.91 Å². The van der Waals surface area contributed by atoms with Gasteiger partial charge < -0.3 is 19.9 Å². The number of quaternary nitrogens is 2. The minimum Gasteiger partial charge on any atom is -0.494 e. The van der Waals surface area contributed by atoms with E-state index in [1.54, 1.807) is 4.90 Å². The molecule has 3 rings (SSSR count). The van der Waals surface area contributed by atoms with Crippen molar-refractivity contribution in [1.29, 1.82) is 0 Å². The van der Waals surface area contributed by atoms with Crippen LogP contribution in [0.1, 0.15) is 30.9 Å². The predicted molar refractivity (Wildman–Crippen MR) is 112 cm³/mol. The zero-order valence-corrected chi connectivity index (χ0v) is 17.1. The van der Waals surface area contributed by atoms with Gasteiger partial charge >= 0.3 is 0 Å². The molecule has 1 unspecified atom stereocenters. The van der Waals surface area contributed by atoms with Gasteiger partial charge in [-0.05, 0) is 43.3 Å². The Hall–Kier alpha value is -2.37. The van der Waals surface area contributed by atoms with Gasteiger partial charge in [0, 0.05) is 29.7 Å².